The molecule has 7 nitrogen and oxygen atoms in total. The highest BCUT2D eigenvalue weighted by Gasteiger charge is 2.49. The first-order valence-corrected chi connectivity index (χ1v) is 12.2. The number of alkyl carbamates (subject to hydrolysis) is 1. The normalized spacial score (nSPS) is 15.7. The van der Waals surface area contributed by atoms with Crippen molar-refractivity contribution in [1.29, 1.82) is 0 Å². The molecule has 1 aliphatic heterocycles. The first-order valence-electron chi connectivity index (χ1n) is 12.2. The fourth-order valence-electron chi connectivity index (χ4n) is 4.65. The number of nitrogens with one attached hydrogen (secondary N) is 1. The van der Waals surface area contributed by atoms with E-state index in [-0.39, 0.29) is 13.1 Å². The monoisotopic (exact) mass is 488 g/mol. The first-order chi connectivity index (χ1) is 16.8. The van der Waals surface area contributed by atoms with E-state index in [1.165, 1.54) is 0 Å². The van der Waals surface area contributed by atoms with E-state index in [1.54, 1.807) is 4.90 Å². The van der Waals surface area contributed by atoms with Crippen LogP contribution in [-0.4, -0.2) is 41.4 Å². The number of likely N-dealkylation sites (tertiary alicyclic amines) is 1. The van der Waals surface area contributed by atoms with E-state index in [1.807, 2.05) is 77.9 Å². The summed E-state index contributed by atoms with van der Waals surface area (Å²) >= 11 is 0. The molecule has 2 heterocycles. The van der Waals surface area contributed by atoms with Gasteiger partial charge in [0.2, 0.25) is 0 Å². The third kappa shape index (κ3) is 4.57. The van der Waals surface area contributed by atoms with Crippen LogP contribution >= 0.6 is 0 Å². The van der Waals surface area contributed by atoms with E-state index in [0.717, 1.165) is 38.3 Å². The number of carbonyl (C=O) groups is 2. The molecule has 0 bridgehead atoms. The minimum Gasteiger partial charge on any atom is -0.456 e. The highest BCUT2D eigenvalue weighted by Crippen LogP contribution is 2.38. The SMILES string of the molecule is CC(C)(C)OC(=O)NC1(c2ccc3oc4cc5ccccc5cc4c3c2)CN(C(=O)OC(C)(C)C)C1. The Morgan fingerprint density at radius 2 is 1.44 bits per heavy atom. The third-order valence-corrected chi connectivity index (χ3v) is 6.20. The van der Waals surface area contributed by atoms with E-state index in [2.05, 4.69) is 23.5 Å². The number of hydrogen-bond acceptors (Lipinski definition) is 5. The summed E-state index contributed by atoms with van der Waals surface area (Å²) in [5.74, 6) is 0. The minimum absolute atomic E-state index is 0.269. The number of furan rings is 1. The zero-order chi connectivity index (χ0) is 25.9. The number of amides is 2. The van der Waals surface area contributed by atoms with Crippen molar-refractivity contribution in [2.45, 2.75) is 58.3 Å². The highest BCUT2D eigenvalue weighted by molar-refractivity contribution is 6.10. The van der Waals surface area contributed by atoms with Gasteiger partial charge in [0.05, 0.1) is 13.1 Å². The highest BCUT2D eigenvalue weighted by atomic mass is 16.6. The zero-order valence-electron chi connectivity index (χ0n) is 21.6. The number of carbonyl (C=O) groups excluding carboxylic acids is 2. The minimum atomic E-state index is -0.812. The Labute approximate surface area is 210 Å². The average molecular weight is 489 g/mol. The molecular weight excluding hydrogens is 456 g/mol. The predicted octanol–water partition coefficient (Wildman–Crippen LogP) is 6.71. The third-order valence-electron chi connectivity index (χ3n) is 6.20. The molecule has 3 aromatic carbocycles. The molecule has 1 N–H and O–H groups in total. The molecule has 0 radical (unpaired) electrons. The second kappa shape index (κ2) is 8.15. The van der Waals surface area contributed by atoms with E-state index >= 15 is 0 Å². The van der Waals surface area contributed by atoms with E-state index in [9.17, 15) is 9.59 Å². The average Bonchev–Trinajstić information content (AvgIpc) is 3.08. The molecule has 7 heteroatoms. The summed E-state index contributed by atoms with van der Waals surface area (Å²) in [5, 5.41) is 7.23. The van der Waals surface area contributed by atoms with Gasteiger partial charge >= 0.3 is 12.2 Å². The van der Waals surface area contributed by atoms with Crippen LogP contribution in [0.15, 0.2) is 59.0 Å². The van der Waals surface area contributed by atoms with Gasteiger partial charge in [-0.05, 0) is 82.1 Å². The fourth-order valence-corrected chi connectivity index (χ4v) is 4.65. The maximum Gasteiger partial charge on any atom is 0.410 e. The summed E-state index contributed by atoms with van der Waals surface area (Å²) in [5.41, 5.74) is 0.375. The number of hydrogen-bond donors (Lipinski definition) is 1. The molecule has 0 atom stereocenters. The van der Waals surface area contributed by atoms with E-state index in [4.69, 9.17) is 13.9 Å². The van der Waals surface area contributed by atoms with Crippen molar-refractivity contribution in [1.82, 2.24) is 10.2 Å². The summed E-state index contributed by atoms with van der Waals surface area (Å²) in [4.78, 5) is 27.1. The molecule has 0 saturated carbocycles. The van der Waals surface area contributed by atoms with Crippen LogP contribution in [0.4, 0.5) is 9.59 Å². The van der Waals surface area contributed by atoms with Crippen LogP contribution in [0.5, 0.6) is 0 Å². The summed E-state index contributed by atoms with van der Waals surface area (Å²) in [7, 11) is 0. The molecule has 5 rings (SSSR count). The largest absolute Gasteiger partial charge is 0.456 e. The molecular formula is C29H32N2O5. The van der Waals surface area contributed by atoms with E-state index in [0.29, 0.717) is 0 Å². The van der Waals surface area contributed by atoms with Crippen molar-refractivity contribution in [3.63, 3.8) is 0 Å². The van der Waals surface area contributed by atoms with Crippen LogP contribution in [-0.2, 0) is 15.0 Å². The van der Waals surface area contributed by atoms with Crippen molar-refractivity contribution in [2.75, 3.05) is 13.1 Å². The lowest BCUT2D eigenvalue weighted by atomic mass is 9.82. The van der Waals surface area contributed by atoms with Crippen molar-refractivity contribution in [3.8, 4) is 0 Å². The number of benzene rings is 3. The van der Waals surface area contributed by atoms with Crippen molar-refractivity contribution < 1.29 is 23.5 Å². The van der Waals surface area contributed by atoms with Crippen LogP contribution < -0.4 is 5.32 Å². The van der Waals surface area contributed by atoms with Crippen LogP contribution in [0.2, 0.25) is 0 Å². The molecule has 4 aromatic rings. The molecule has 188 valence electrons. The Balaban J connectivity index is 1.53. The van der Waals surface area contributed by atoms with Gasteiger partial charge in [0.15, 0.2) is 0 Å². The Morgan fingerprint density at radius 3 is 2.08 bits per heavy atom. The maximum absolute atomic E-state index is 12.8. The van der Waals surface area contributed by atoms with Gasteiger partial charge in [0.1, 0.15) is 27.9 Å². The molecule has 1 saturated heterocycles. The van der Waals surface area contributed by atoms with Crippen molar-refractivity contribution >= 4 is 44.9 Å². The quantitative estimate of drug-likeness (QED) is 0.339. The number of nitrogens with zero attached hydrogens (tertiary/aromatic N) is 1. The van der Waals surface area contributed by atoms with Crippen molar-refractivity contribution in [2.24, 2.45) is 0 Å². The predicted molar refractivity (Wildman–Crippen MR) is 140 cm³/mol. The van der Waals surface area contributed by atoms with Gasteiger partial charge in [-0.15, -0.1) is 0 Å². The Bertz CT molecular complexity index is 1480. The summed E-state index contributed by atoms with van der Waals surface area (Å²) in [6, 6.07) is 18.2. The second-order valence-corrected chi connectivity index (χ2v) is 11.6. The molecule has 0 unspecified atom stereocenters. The molecule has 1 aromatic heterocycles. The lowest BCUT2D eigenvalue weighted by Gasteiger charge is -2.50. The van der Waals surface area contributed by atoms with Gasteiger partial charge in [-0.2, -0.15) is 0 Å². The first kappa shape index (κ1) is 24.0. The topological polar surface area (TPSA) is 81.0 Å². The molecule has 0 aliphatic carbocycles. The van der Waals surface area contributed by atoms with Crippen LogP contribution in [0.3, 0.4) is 0 Å². The lowest BCUT2D eigenvalue weighted by molar-refractivity contribution is -0.0229. The summed E-state index contributed by atoms with van der Waals surface area (Å²) in [6.07, 6.45) is -0.945. The Hall–Kier alpha value is -3.74. The molecule has 36 heavy (non-hydrogen) atoms. The smallest absolute Gasteiger partial charge is 0.410 e. The summed E-state index contributed by atoms with van der Waals surface area (Å²) < 4.78 is 17.2. The van der Waals surface area contributed by atoms with Gasteiger partial charge in [-0.25, -0.2) is 9.59 Å². The standard InChI is InChI=1S/C29H32N2O5/c1-27(2,3)35-25(32)30-29(16-31(17-29)26(33)36-28(4,5)6)20-11-12-23-22(15-20)21-13-18-9-7-8-10-19(18)14-24(21)34-23/h7-15H,16-17H2,1-6H3,(H,30,32). The zero-order valence-corrected chi connectivity index (χ0v) is 21.6. The molecule has 1 aliphatic rings. The van der Waals surface area contributed by atoms with Crippen LogP contribution in [0.25, 0.3) is 32.7 Å². The fraction of sp³-hybridized carbons (Fsp3) is 0.379. The van der Waals surface area contributed by atoms with Gasteiger partial charge < -0.3 is 24.1 Å². The second-order valence-electron chi connectivity index (χ2n) is 11.6. The molecule has 0 spiro atoms. The van der Waals surface area contributed by atoms with Crippen LogP contribution in [0.1, 0.15) is 47.1 Å². The van der Waals surface area contributed by atoms with Gasteiger partial charge in [0, 0.05) is 10.8 Å². The Morgan fingerprint density at radius 1 is 0.833 bits per heavy atom. The number of ether oxygens (including phenoxy) is 2. The van der Waals surface area contributed by atoms with Crippen molar-refractivity contribution in [3.05, 3.63) is 60.2 Å². The maximum atomic E-state index is 12.8. The number of fused-ring (bicyclic) bond motifs is 4. The molecule has 1 fully saturated rings. The Kier molecular flexibility index (Phi) is 5.43. The lowest BCUT2D eigenvalue weighted by Crippen LogP contribution is -2.69. The van der Waals surface area contributed by atoms with Gasteiger partial charge in [0.25, 0.3) is 0 Å². The van der Waals surface area contributed by atoms with Crippen LogP contribution in [0, 0.1) is 0 Å². The van der Waals surface area contributed by atoms with Gasteiger partial charge in [-0.1, -0.05) is 30.3 Å². The number of rotatable bonds is 2. The molecule has 2 amide bonds. The van der Waals surface area contributed by atoms with E-state index < -0.39 is 28.9 Å². The van der Waals surface area contributed by atoms with Gasteiger partial charge in [-0.3, -0.25) is 0 Å². The summed E-state index contributed by atoms with van der Waals surface area (Å²) in [6.45, 7) is 11.5.